The standard InChI is InChI=1S/C30H37N7O3S/c1-19-22-4-3-8-32-23(22)13-30(19)6-10-36(11-7-30)25-14-34-29(27(31)35-25)41-24-5-9-33-28-26(24)40-17-21-12-20(15-37(21)28)16-39-18-38-2/h3-5,8-9,14,19-21H,6-7,10-13,15-18H2,1-2H3,(H2,31,35)/t19-,20?,21+/m1/s1. The van der Waals surface area contributed by atoms with Gasteiger partial charge in [-0.1, -0.05) is 24.8 Å². The monoisotopic (exact) mass is 575 g/mol. The Labute approximate surface area is 245 Å². The summed E-state index contributed by atoms with van der Waals surface area (Å²) < 4.78 is 16.9. The van der Waals surface area contributed by atoms with E-state index in [1.807, 2.05) is 24.7 Å². The minimum atomic E-state index is 0.285. The van der Waals surface area contributed by atoms with Crippen molar-refractivity contribution in [3.8, 4) is 5.75 Å². The number of aromatic nitrogens is 4. The van der Waals surface area contributed by atoms with Gasteiger partial charge in [-0.3, -0.25) is 4.98 Å². The molecule has 7 rings (SSSR count). The van der Waals surface area contributed by atoms with E-state index in [0.717, 1.165) is 67.6 Å². The summed E-state index contributed by atoms with van der Waals surface area (Å²) in [5.74, 6) is 3.91. The van der Waals surface area contributed by atoms with E-state index >= 15 is 0 Å². The van der Waals surface area contributed by atoms with Gasteiger partial charge in [0.2, 0.25) is 0 Å². The smallest absolute Gasteiger partial charge is 0.175 e. The number of hydrogen-bond donors (Lipinski definition) is 1. The molecule has 0 bridgehead atoms. The maximum Gasteiger partial charge on any atom is 0.175 e. The van der Waals surface area contributed by atoms with Crippen LogP contribution in [0.2, 0.25) is 0 Å². The zero-order chi connectivity index (χ0) is 28.0. The van der Waals surface area contributed by atoms with Gasteiger partial charge in [0.15, 0.2) is 17.4 Å². The van der Waals surface area contributed by atoms with Crippen LogP contribution in [0.15, 0.2) is 46.7 Å². The minimum Gasteiger partial charge on any atom is -0.486 e. The Morgan fingerprint density at radius 3 is 2.85 bits per heavy atom. The van der Waals surface area contributed by atoms with Crippen LogP contribution in [0.4, 0.5) is 17.5 Å². The molecule has 41 heavy (non-hydrogen) atoms. The summed E-state index contributed by atoms with van der Waals surface area (Å²) in [5, 5.41) is 0.680. The molecule has 6 heterocycles. The van der Waals surface area contributed by atoms with Crippen LogP contribution in [0.3, 0.4) is 0 Å². The Hall–Kier alpha value is -3.15. The highest BCUT2D eigenvalue weighted by molar-refractivity contribution is 7.99. The predicted octanol–water partition coefficient (Wildman–Crippen LogP) is 4.15. The van der Waals surface area contributed by atoms with Crippen molar-refractivity contribution < 1.29 is 14.2 Å². The Bertz CT molecular complexity index is 1420. The van der Waals surface area contributed by atoms with Gasteiger partial charge in [0.1, 0.15) is 24.2 Å². The zero-order valence-electron chi connectivity index (χ0n) is 23.7. The number of nitrogens with two attached hydrogens (primary N) is 1. The average molecular weight is 576 g/mol. The molecule has 0 aromatic carbocycles. The van der Waals surface area contributed by atoms with Crippen molar-refractivity contribution in [2.24, 2.45) is 11.3 Å². The van der Waals surface area contributed by atoms with Gasteiger partial charge >= 0.3 is 0 Å². The quantitative estimate of drug-likeness (QED) is 0.324. The summed E-state index contributed by atoms with van der Waals surface area (Å²) in [6.07, 6.45) is 9.93. The molecular weight excluding hydrogens is 538 g/mol. The third-order valence-corrected chi connectivity index (χ3v) is 10.5. The van der Waals surface area contributed by atoms with E-state index in [9.17, 15) is 0 Å². The molecule has 1 spiro atoms. The number of piperidine rings is 1. The molecule has 2 N–H and O–H groups in total. The van der Waals surface area contributed by atoms with E-state index in [1.54, 1.807) is 7.11 Å². The molecule has 0 saturated carbocycles. The molecule has 3 aliphatic heterocycles. The molecule has 1 aliphatic carbocycles. The number of methoxy groups -OCH3 is 1. The molecule has 216 valence electrons. The summed E-state index contributed by atoms with van der Waals surface area (Å²) in [6, 6.07) is 6.58. The summed E-state index contributed by atoms with van der Waals surface area (Å²) >= 11 is 1.49. The van der Waals surface area contributed by atoms with Gasteiger partial charge in [-0.25, -0.2) is 15.0 Å². The van der Waals surface area contributed by atoms with Gasteiger partial charge in [0.25, 0.3) is 0 Å². The fraction of sp³-hybridized carbons (Fsp3) is 0.533. The van der Waals surface area contributed by atoms with Crippen molar-refractivity contribution in [1.29, 1.82) is 0 Å². The number of rotatable bonds is 7. The third-order valence-electron chi connectivity index (χ3n) is 9.47. The van der Waals surface area contributed by atoms with Crippen molar-refractivity contribution in [1.82, 2.24) is 19.9 Å². The Morgan fingerprint density at radius 1 is 1.17 bits per heavy atom. The Balaban J connectivity index is 1.02. The number of nitrogen functional groups attached to an aromatic ring is 1. The summed E-state index contributed by atoms with van der Waals surface area (Å²) in [7, 11) is 1.65. The van der Waals surface area contributed by atoms with Crippen molar-refractivity contribution in [2.45, 2.75) is 54.5 Å². The number of hydrogen-bond acceptors (Lipinski definition) is 11. The summed E-state index contributed by atoms with van der Waals surface area (Å²) in [6.45, 7) is 6.76. The molecule has 2 saturated heterocycles. The SMILES string of the molecule is COCOCC1C[C@H]2COc3c(Sc4ncc(N5CCC6(CC5)Cc5ncccc5[C@H]6C)nc4N)ccnc3N2C1. The van der Waals surface area contributed by atoms with Crippen LogP contribution in [0.1, 0.15) is 43.4 Å². The molecule has 4 aliphatic rings. The van der Waals surface area contributed by atoms with Gasteiger partial charge in [-0.15, -0.1) is 0 Å². The first-order valence-corrected chi connectivity index (χ1v) is 15.3. The van der Waals surface area contributed by atoms with Gasteiger partial charge in [-0.05, 0) is 54.7 Å². The topological polar surface area (TPSA) is 112 Å². The lowest BCUT2D eigenvalue weighted by Crippen LogP contribution is -2.42. The molecule has 3 aromatic heterocycles. The number of ether oxygens (including phenoxy) is 3. The molecule has 1 unspecified atom stereocenters. The van der Waals surface area contributed by atoms with E-state index in [1.165, 1.54) is 23.0 Å². The van der Waals surface area contributed by atoms with E-state index in [0.29, 0.717) is 48.7 Å². The van der Waals surface area contributed by atoms with Crippen LogP contribution in [0, 0.1) is 11.3 Å². The molecule has 3 aromatic rings. The third kappa shape index (κ3) is 4.87. The molecule has 10 nitrogen and oxygen atoms in total. The van der Waals surface area contributed by atoms with Gasteiger partial charge in [0, 0.05) is 50.7 Å². The second-order valence-corrected chi connectivity index (χ2v) is 12.8. The molecular formula is C30H37N7O3S. The second-order valence-electron chi connectivity index (χ2n) is 11.8. The average Bonchev–Trinajstić information content (AvgIpc) is 3.53. The van der Waals surface area contributed by atoms with Gasteiger partial charge < -0.3 is 29.7 Å². The molecule has 3 atom stereocenters. The van der Waals surface area contributed by atoms with E-state index in [-0.39, 0.29) is 5.41 Å². The number of pyridine rings is 2. The van der Waals surface area contributed by atoms with E-state index in [2.05, 4.69) is 38.8 Å². The first kappa shape index (κ1) is 26.7. The Morgan fingerprint density at radius 2 is 2.05 bits per heavy atom. The first-order valence-electron chi connectivity index (χ1n) is 14.5. The van der Waals surface area contributed by atoms with E-state index < -0.39 is 0 Å². The van der Waals surface area contributed by atoms with Crippen LogP contribution in [-0.2, 0) is 15.9 Å². The fourth-order valence-corrected chi connectivity index (χ4v) is 8.02. The number of nitrogens with zero attached hydrogens (tertiary/aromatic N) is 6. The molecule has 0 amide bonds. The highest BCUT2D eigenvalue weighted by atomic mass is 32.2. The summed E-state index contributed by atoms with van der Waals surface area (Å²) in [5.41, 5.74) is 9.47. The fourth-order valence-electron chi connectivity index (χ4n) is 7.19. The normalized spacial score (nSPS) is 24.2. The lowest BCUT2D eigenvalue weighted by atomic mass is 9.70. The van der Waals surface area contributed by atoms with Crippen LogP contribution >= 0.6 is 11.8 Å². The largest absolute Gasteiger partial charge is 0.486 e. The maximum absolute atomic E-state index is 6.49. The maximum atomic E-state index is 6.49. The van der Waals surface area contributed by atoms with Crippen LogP contribution in [0.5, 0.6) is 5.75 Å². The van der Waals surface area contributed by atoms with Crippen molar-refractivity contribution in [3.05, 3.63) is 48.0 Å². The highest BCUT2D eigenvalue weighted by Gasteiger charge is 2.46. The van der Waals surface area contributed by atoms with Crippen molar-refractivity contribution in [2.75, 3.05) is 62.3 Å². The van der Waals surface area contributed by atoms with Crippen molar-refractivity contribution >= 4 is 29.2 Å². The summed E-state index contributed by atoms with van der Waals surface area (Å²) in [4.78, 5) is 24.5. The van der Waals surface area contributed by atoms with Crippen LogP contribution in [-0.4, -0.2) is 72.7 Å². The number of anilines is 3. The minimum absolute atomic E-state index is 0.285. The lowest BCUT2D eigenvalue weighted by Gasteiger charge is -2.42. The lowest BCUT2D eigenvalue weighted by molar-refractivity contribution is -0.0414. The van der Waals surface area contributed by atoms with Crippen molar-refractivity contribution in [3.63, 3.8) is 0 Å². The number of fused-ring (bicyclic) bond motifs is 4. The van der Waals surface area contributed by atoms with Gasteiger partial charge in [-0.2, -0.15) is 0 Å². The first-order chi connectivity index (χ1) is 20.0. The predicted molar refractivity (Wildman–Crippen MR) is 158 cm³/mol. The zero-order valence-corrected chi connectivity index (χ0v) is 24.5. The second kappa shape index (κ2) is 10.9. The van der Waals surface area contributed by atoms with Crippen LogP contribution in [0.25, 0.3) is 0 Å². The van der Waals surface area contributed by atoms with Crippen LogP contribution < -0.4 is 20.3 Å². The molecule has 2 fully saturated rings. The molecule has 11 heteroatoms. The van der Waals surface area contributed by atoms with Gasteiger partial charge in [0.05, 0.1) is 23.7 Å². The van der Waals surface area contributed by atoms with E-state index in [4.69, 9.17) is 29.9 Å². The highest BCUT2D eigenvalue weighted by Crippen LogP contribution is 2.53. The molecule has 0 radical (unpaired) electrons. The Kier molecular flexibility index (Phi) is 7.12.